The summed E-state index contributed by atoms with van der Waals surface area (Å²) in [7, 11) is 1.57. The second-order valence-electron chi connectivity index (χ2n) is 4.69. The van der Waals surface area contributed by atoms with Crippen LogP contribution in [-0.2, 0) is 0 Å². The molecule has 0 bridgehead atoms. The van der Waals surface area contributed by atoms with Gasteiger partial charge in [-0.15, -0.1) is 0 Å². The number of benzene rings is 2. The first-order valence-electron chi connectivity index (χ1n) is 6.34. The Labute approximate surface area is 116 Å². The number of hydrogen-bond acceptors (Lipinski definition) is 4. The Bertz CT molecular complexity index is 646. The van der Waals surface area contributed by atoms with Crippen LogP contribution in [0, 0.1) is 0 Å². The Kier molecular flexibility index (Phi) is 3.06. The van der Waals surface area contributed by atoms with Crippen LogP contribution in [0.5, 0.6) is 17.2 Å². The van der Waals surface area contributed by atoms with Gasteiger partial charge in [-0.2, -0.15) is 0 Å². The van der Waals surface area contributed by atoms with E-state index in [2.05, 4.69) is 0 Å². The van der Waals surface area contributed by atoms with Crippen molar-refractivity contribution in [2.45, 2.75) is 12.5 Å². The summed E-state index contributed by atoms with van der Waals surface area (Å²) >= 11 is 0. The number of phenols is 1. The minimum absolute atomic E-state index is 0.0481. The van der Waals surface area contributed by atoms with Crippen LogP contribution in [-0.4, -0.2) is 18.0 Å². The number of methoxy groups -OCH3 is 1. The van der Waals surface area contributed by atoms with E-state index in [4.69, 9.17) is 9.47 Å². The molecule has 2 aromatic rings. The predicted octanol–water partition coefficient (Wildman–Crippen LogP) is 3.11. The Balaban J connectivity index is 1.94. The molecule has 0 amide bonds. The lowest BCUT2D eigenvalue weighted by Gasteiger charge is -2.25. The van der Waals surface area contributed by atoms with Crippen LogP contribution in [0.1, 0.15) is 28.4 Å². The molecular weight excluding hydrogens is 256 g/mol. The van der Waals surface area contributed by atoms with Crippen LogP contribution in [0.2, 0.25) is 0 Å². The average Bonchev–Trinajstić information content (AvgIpc) is 2.47. The fraction of sp³-hybridized carbons (Fsp3) is 0.188. The van der Waals surface area contributed by atoms with Crippen molar-refractivity contribution in [3.8, 4) is 17.2 Å². The lowest BCUT2D eigenvalue weighted by atomic mass is 9.96. The van der Waals surface area contributed by atoms with Gasteiger partial charge in [-0.3, -0.25) is 4.79 Å². The number of rotatable bonds is 2. The van der Waals surface area contributed by atoms with Gasteiger partial charge in [0.15, 0.2) is 5.78 Å². The standard InChI is InChI=1S/C16H14O4/c1-19-12-6-7-13-14(18)9-15(20-16(13)8-12)10-2-4-11(17)5-3-10/h2-8,15,17H,9H2,1H3/t15-/m0/s1. The lowest BCUT2D eigenvalue weighted by Crippen LogP contribution is -2.20. The molecule has 1 N–H and O–H groups in total. The van der Waals surface area contributed by atoms with Crippen LogP contribution in [0.15, 0.2) is 42.5 Å². The molecule has 0 aromatic heterocycles. The van der Waals surface area contributed by atoms with E-state index in [0.717, 1.165) is 5.56 Å². The summed E-state index contributed by atoms with van der Waals surface area (Å²) in [5.74, 6) is 1.44. The molecule has 102 valence electrons. The number of aromatic hydroxyl groups is 1. The molecular formula is C16H14O4. The van der Waals surface area contributed by atoms with E-state index in [9.17, 15) is 9.90 Å². The summed E-state index contributed by atoms with van der Waals surface area (Å²) < 4.78 is 11.0. The smallest absolute Gasteiger partial charge is 0.170 e. The maximum absolute atomic E-state index is 12.2. The third-order valence-electron chi connectivity index (χ3n) is 3.39. The maximum atomic E-state index is 12.2. The quantitative estimate of drug-likeness (QED) is 0.911. The number of hydrogen-bond donors (Lipinski definition) is 1. The highest BCUT2D eigenvalue weighted by molar-refractivity contribution is 6.00. The number of ether oxygens (including phenoxy) is 2. The number of fused-ring (bicyclic) bond motifs is 1. The highest BCUT2D eigenvalue weighted by Crippen LogP contribution is 2.37. The molecule has 20 heavy (non-hydrogen) atoms. The zero-order chi connectivity index (χ0) is 14.1. The highest BCUT2D eigenvalue weighted by atomic mass is 16.5. The van der Waals surface area contributed by atoms with Crippen LogP contribution in [0.25, 0.3) is 0 Å². The van der Waals surface area contributed by atoms with Gasteiger partial charge in [0.2, 0.25) is 0 Å². The molecule has 0 spiro atoms. The number of Topliss-reactive ketones (excluding diaryl/α,β-unsaturated/α-hetero) is 1. The van der Waals surface area contributed by atoms with Crippen molar-refractivity contribution < 1.29 is 19.4 Å². The highest BCUT2D eigenvalue weighted by Gasteiger charge is 2.27. The van der Waals surface area contributed by atoms with E-state index >= 15 is 0 Å². The first kappa shape index (κ1) is 12.5. The summed E-state index contributed by atoms with van der Waals surface area (Å²) in [5.41, 5.74) is 1.45. The lowest BCUT2D eigenvalue weighted by molar-refractivity contribution is 0.0849. The summed E-state index contributed by atoms with van der Waals surface area (Å²) in [4.78, 5) is 12.2. The van der Waals surface area contributed by atoms with E-state index in [1.165, 1.54) is 0 Å². The fourth-order valence-electron chi connectivity index (χ4n) is 2.31. The van der Waals surface area contributed by atoms with E-state index in [1.807, 2.05) is 0 Å². The van der Waals surface area contributed by atoms with E-state index in [0.29, 0.717) is 23.5 Å². The van der Waals surface area contributed by atoms with E-state index in [1.54, 1.807) is 49.6 Å². The predicted molar refractivity (Wildman–Crippen MR) is 73.4 cm³/mol. The largest absolute Gasteiger partial charge is 0.508 e. The molecule has 0 saturated carbocycles. The zero-order valence-corrected chi connectivity index (χ0v) is 11.0. The minimum atomic E-state index is -0.331. The van der Waals surface area contributed by atoms with Crippen molar-refractivity contribution in [2.75, 3.05) is 7.11 Å². The van der Waals surface area contributed by atoms with Gasteiger partial charge < -0.3 is 14.6 Å². The van der Waals surface area contributed by atoms with Crippen LogP contribution >= 0.6 is 0 Å². The first-order chi connectivity index (χ1) is 9.67. The van der Waals surface area contributed by atoms with Gasteiger partial charge in [0.25, 0.3) is 0 Å². The third-order valence-corrected chi connectivity index (χ3v) is 3.39. The van der Waals surface area contributed by atoms with Gasteiger partial charge in [-0.1, -0.05) is 12.1 Å². The fourth-order valence-corrected chi connectivity index (χ4v) is 2.31. The van der Waals surface area contributed by atoms with Gasteiger partial charge in [0, 0.05) is 6.07 Å². The maximum Gasteiger partial charge on any atom is 0.170 e. The van der Waals surface area contributed by atoms with E-state index < -0.39 is 0 Å². The minimum Gasteiger partial charge on any atom is -0.508 e. The summed E-state index contributed by atoms with van der Waals surface area (Å²) in [6.07, 6.45) is -0.0351. The summed E-state index contributed by atoms with van der Waals surface area (Å²) in [6.45, 7) is 0. The van der Waals surface area contributed by atoms with Gasteiger partial charge in [0.1, 0.15) is 23.4 Å². The van der Waals surface area contributed by atoms with Gasteiger partial charge in [0.05, 0.1) is 19.1 Å². The normalized spacial score (nSPS) is 17.2. The molecule has 1 aliphatic heterocycles. The Morgan fingerprint density at radius 1 is 1.20 bits per heavy atom. The zero-order valence-electron chi connectivity index (χ0n) is 11.0. The molecule has 1 aliphatic rings. The van der Waals surface area contributed by atoms with Crippen molar-refractivity contribution in [3.05, 3.63) is 53.6 Å². The Hall–Kier alpha value is -2.49. The molecule has 4 heteroatoms. The summed E-state index contributed by atoms with van der Waals surface area (Å²) in [5, 5.41) is 9.31. The molecule has 0 unspecified atom stereocenters. The van der Waals surface area contributed by atoms with Crippen molar-refractivity contribution in [1.29, 1.82) is 0 Å². The van der Waals surface area contributed by atoms with Crippen molar-refractivity contribution in [3.63, 3.8) is 0 Å². The van der Waals surface area contributed by atoms with Gasteiger partial charge in [-0.05, 0) is 29.8 Å². The molecule has 4 nitrogen and oxygen atoms in total. The van der Waals surface area contributed by atoms with Crippen molar-refractivity contribution in [2.24, 2.45) is 0 Å². The second-order valence-corrected chi connectivity index (χ2v) is 4.69. The molecule has 0 radical (unpaired) electrons. The second kappa shape index (κ2) is 4.89. The molecule has 1 atom stereocenters. The molecule has 1 heterocycles. The molecule has 2 aromatic carbocycles. The van der Waals surface area contributed by atoms with Gasteiger partial charge >= 0.3 is 0 Å². The van der Waals surface area contributed by atoms with Crippen LogP contribution in [0.3, 0.4) is 0 Å². The topological polar surface area (TPSA) is 55.8 Å². The average molecular weight is 270 g/mol. The van der Waals surface area contributed by atoms with E-state index in [-0.39, 0.29) is 17.6 Å². The number of carbonyl (C=O) groups excluding carboxylic acids is 1. The Morgan fingerprint density at radius 2 is 1.95 bits per heavy atom. The monoisotopic (exact) mass is 270 g/mol. The third kappa shape index (κ3) is 2.20. The van der Waals surface area contributed by atoms with Crippen LogP contribution < -0.4 is 9.47 Å². The molecule has 3 rings (SSSR count). The molecule has 0 saturated heterocycles. The van der Waals surface area contributed by atoms with Crippen molar-refractivity contribution in [1.82, 2.24) is 0 Å². The SMILES string of the molecule is COc1ccc2c(c1)O[C@H](c1ccc(O)cc1)CC2=O. The number of ketones is 1. The number of phenolic OH excluding ortho intramolecular Hbond substituents is 1. The molecule has 0 aliphatic carbocycles. The van der Waals surface area contributed by atoms with Gasteiger partial charge in [-0.25, -0.2) is 0 Å². The van der Waals surface area contributed by atoms with Crippen LogP contribution in [0.4, 0.5) is 0 Å². The Morgan fingerprint density at radius 3 is 2.65 bits per heavy atom. The summed E-state index contributed by atoms with van der Waals surface area (Å²) in [6, 6.07) is 11.9. The van der Waals surface area contributed by atoms with Crippen molar-refractivity contribution >= 4 is 5.78 Å². The molecule has 0 fully saturated rings. The first-order valence-corrected chi connectivity index (χ1v) is 6.34. The number of carbonyl (C=O) groups is 1.